The zero-order valence-electron chi connectivity index (χ0n) is 10.2. The van der Waals surface area contributed by atoms with E-state index < -0.39 is 0 Å². The Balaban J connectivity index is 2.56. The largest absolute Gasteiger partial charge is 0.493 e. The number of carbonyl (C=O) groups is 1. The van der Waals surface area contributed by atoms with Crippen molar-refractivity contribution in [3.8, 4) is 5.75 Å². The van der Waals surface area contributed by atoms with Crippen LogP contribution in [0.25, 0.3) is 0 Å². The van der Waals surface area contributed by atoms with Gasteiger partial charge in [0.15, 0.2) is 0 Å². The predicted octanol–water partition coefficient (Wildman–Crippen LogP) is 3.29. The molecule has 0 saturated heterocycles. The molecule has 0 bridgehead atoms. The lowest BCUT2D eigenvalue weighted by molar-refractivity contribution is -0.115. The lowest BCUT2D eigenvalue weighted by atomic mass is 10.2. The van der Waals surface area contributed by atoms with Crippen LogP contribution in [0.1, 0.15) is 20.3 Å². The Hall–Kier alpha value is -1.22. The van der Waals surface area contributed by atoms with Crippen LogP contribution < -0.4 is 10.1 Å². The second-order valence-corrected chi connectivity index (χ2v) is 4.60. The van der Waals surface area contributed by atoms with Crippen molar-refractivity contribution in [2.24, 2.45) is 5.92 Å². The monoisotopic (exact) mass is 255 g/mol. The summed E-state index contributed by atoms with van der Waals surface area (Å²) in [6.45, 7) is 4.84. The molecule has 0 unspecified atom stereocenters. The molecule has 0 atom stereocenters. The van der Waals surface area contributed by atoms with Gasteiger partial charge in [-0.1, -0.05) is 19.9 Å². The molecule has 0 aromatic heterocycles. The minimum Gasteiger partial charge on any atom is -0.493 e. The second-order valence-electron chi connectivity index (χ2n) is 4.22. The van der Waals surface area contributed by atoms with E-state index in [1.807, 2.05) is 24.3 Å². The van der Waals surface area contributed by atoms with Gasteiger partial charge in [-0.25, -0.2) is 0 Å². The number of halogens is 1. The summed E-state index contributed by atoms with van der Waals surface area (Å²) in [4.78, 5) is 11.4. The van der Waals surface area contributed by atoms with Gasteiger partial charge >= 0.3 is 0 Å². The number of alkyl halides is 1. The Kier molecular flexibility index (Phi) is 5.84. The number of rotatable bonds is 6. The fourth-order valence-electron chi connectivity index (χ4n) is 1.24. The number of hydrogen-bond donors (Lipinski definition) is 1. The number of ether oxygens (including phenoxy) is 1. The average molecular weight is 256 g/mol. The quantitative estimate of drug-likeness (QED) is 0.792. The van der Waals surface area contributed by atoms with Crippen LogP contribution in [-0.4, -0.2) is 18.4 Å². The van der Waals surface area contributed by atoms with Crippen LogP contribution in [0, 0.1) is 5.92 Å². The molecule has 0 saturated carbocycles. The number of carbonyl (C=O) groups excluding carboxylic acids is 1. The Labute approximate surface area is 107 Å². The third kappa shape index (κ3) is 5.59. The molecule has 4 heteroatoms. The van der Waals surface area contributed by atoms with Crippen molar-refractivity contribution in [1.82, 2.24) is 0 Å². The Morgan fingerprint density at radius 3 is 2.88 bits per heavy atom. The van der Waals surface area contributed by atoms with Gasteiger partial charge in [0.1, 0.15) is 5.75 Å². The average Bonchev–Trinajstić information content (AvgIpc) is 2.27. The molecular formula is C13H18ClNO2. The fraction of sp³-hybridized carbons (Fsp3) is 0.462. The van der Waals surface area contributed by atoms with Gasteiger partial charge in [0.25, 0.3) is 0 Å². The molecule has 0 radical (unpaired) electrons. The third-order valence-corrected chi connectivity index (χ3v) is 2.21. The molecule has 0 spiro atoms. The van der Waals surface area contributed by atoms with Gasteiger partial charge in [-0.3, -0.25) is 4.79 Å². The van der Waals surface area contributed by atoms with E-state index >= 15 is 0 Å². The summed E-state index contributed by atoms with van der Waals surface area (Å²) in [7, 11) is 0. The third-order valence-electron chi connectivity index (χ3n) is 2.02. The van der Waals surface area contributed by atoms with Crippen LogP contribution >= 0.6 is 11.6 Å². The highest BCUT2D eigenvalue weighted by Crippen LogP contribution is 2.18. The topological polar surface area (TPSA) is 38.3 Å². The van der Waals surface area contributed by atoms with E-state index in [1.165, 1.54) is 0 Å². The molecule has 0 heterocycles. The number of nitrogens with one attached hydrogen (secondary N) is 1. The van der Waals surface area contributed by atoms with Crippen molar-refractivity contribution in [2.75, 3.05) is 17.8 Å². The van der Waals surface area contributed by atoms with Crippen molar-refractivity contribution in [3.63, 3.8) is 0 Å². The molecule has 1 aromatic rings. The van der Waals surface area contributed by atoms with Gasteiger partial charge in [-0.15, -0.1) is 11.6 Å². The summed E-state index contributed by atoms with van der Waals surface area (Å²) in [6, 6.07) is 7.37. The lowest BCUT2D eigenvalue weighted by Gasteiger charge is -2.10. The molecule has 0 aliphatic carbocycles. The number of amides is 1. The molecule has 1 N–H and O–H groups in total. The first-order valence-corrected chi connectivity index (χ1v) is 6.24. The summed E-state index contributed by atoms with van der Waals surface area (Å²) in [5.74, 6) is 1.49. The SMILES string of the molecule is CC(C)COc1cccc(NC(=O)CCCl)c1. The smallest absolute Gasteiger partial charge is 0.225 e. The normalized spacial score (nSPS) is 10.4. The van der Waals surface area contributed by atoms with Crippen molar-refractivity contribution < 1.29 is 9.53 Å². The molecule has 0 aliphatic heterocycles. The zero-order valence-corrected chi connectivity index (χ0v) is 11.0. The standard InChI is InChI=1S/C13H18ClNO2/c1-10(2)9-17-12-5-3-4-11(8-12)15-13(16)6-7-14/h3-5,8,10H,6-7,9H2,1-2H3,(H,15,16). The highest BCUT2D eigenvalue weighted by Gasteiger charge is 2.03. The molecule has 3 nitrogen and oxygen atoms in total. The maximum absolute atomic E-state index is 11.4. The number of hydrogen-bond acceptors (Lipinski definition) is 2. The van der Waals surface area contributed by atoms with Crippen molar-refractivity contribution >= 4 is 23.2 Å². The van der Waals surface area contributed by atoms with Crippen LogP contribution in [0.4, 0.5) is 5.69 Å². The number of anilines is 1. The van der Waals surface area contributed by atoms with Crippen LogP contribution in [0.5, 0.6) is 5.75 Å². The summed E-state index contributed by atoms with van der Waals surface area (Å²) >= 11 is 5.49. The van der Waals surface area contributed by atoms with Crippen LogP contribution in [0.2, 0.25) is 0 Å². The first-order valence-electron chi connectivity index (χ1n) is 5.70. The van der Waals surface area contributed by atoms with E-state index in [0.29, 0.717) is 24.8 Å². The maximum Gasteiger partial charge on any atom is 0.225 e. The Morgan fingerprint density at radius 2 is 2.24 bits per heavy atom. The van der Waals surface area contributed by atoms with E-state index in [1.54, 1.807) is 0 Å². The van der Waals surface area contributed by atoms with E-state index in [9.17, 15) is 4.79 Å². The van der Waals surface area contributed by atoms with Gasteiger partial charge in [0, 0.05) is 24.1 Å². The van der Waals surface area contributed by atoms with Crippen molar-refractivity contribution in [3.05, 3.63) is 24.3 Å². The van der Waals surface area contributed by atoms with Gasteiger partial charge < -0.3 is 10.1 Å². The molecule has 17 heavy (non-hydrogen) atoms. The fourth-order valence-corrected chi connectivity index (χ4v) is 1.41. The zero-order chi connectivity index (χ0) is 12.7. The van der Waals surface area contributed by atoms with Crippen molar-refractivity contribution in [1.29, 1.82) is 0 Å². The van der Waals surface area contributed by atoms with Gasteiger partial charge in [0.05, 0.1) is 6.61 Å². The summed E-state index contributed by atoms with van der Waals surface area (Å²) < 4.78 is 5.57. The van der Waals surface area contributed by atoms with E-state index in [-0.39, 0.29) is 5.91 Å². The second kappa shape index (κ2) is 7.17. The van der Waals surface area contributed by atoms with Crippen LogP contribution in [0.15, 0.2) is 24.3 Å². The Morgan fingerprint density at radius 1 is 1.47 bits per heavy atom. The van der Waals surface area contributed by atoms with Crippen LogP contribution in [0.3, 0.4) is 0 Å². The molecule has 1 rings (SSSR count). The highest BCUT2D eigenvalue weighted by molar-refractivity contribution is 6.19. The molecular weight excluding hydrogens is 238 g/mol. The Bertz CT molecular complexity index is 366. The van der Waals surface area contributed by atoms with E-state index in [2.05, 4.69) is 19.2 Å². The molecule has 0 fully saturated rings. The van der Waals surface area contributed by atoms with E-state index in [4.69, 9.17) is 16.3 Å². The number of benzene rings is 1. The van der Waals surface area contributed by atoms with Crippen molar-refractivity contribution in [2.45, 2.75) is 20.3 Å². The van der Waals surface area contributed by atoms with E-state index in [0.717, 1.165) is 11.4 Å². The lowest BCUT2D eigenvalue weighted by Crippen LogP contribution is -2.11. The molecule has 1 amide bonds. The molecule has 0 aliphatic rings. The molecule has 1 aromatic carbocycles. The maximum atomic E-state index is 11.4. The summed E-state index contributed by atoms with van der Waals surface area (Å²) in [5.41, 5.74) is 0.737. The minimum atomic E-state index is -0.0824. The van der Waals surface area contributed by atoms with Gasteiger partial charge in [-0.05, 0) is 18.1 Å². The first kappa shape index (κ1) is 13.8. The summed E-state index contributed by atoms with van der Waals surface area (Å²) in [6.07, 6.45) is 0.318. The minimum absolute atomic E-state index is 0.0824. The van der Waals surface area contributed by atoms with Crippen LogP contribution in [-0.2, 0) is 4.79 Å². The summed E-state index contributed by atoms with van der Waals surface area (Å²) in [5, 5.41) is 2.77. The highest BCUT2D eigenvalue weighted by atomic mass is 35.5. The van der Waals surface area contributed by atoms with Gasteiger partial charge in [0.2, 0.25) is 5.91 Å². The predicted molar refractivity (Wildman–Crippen MR) is 70.7 cm³/mol. The molecule has 94 valence electrons. The van der Waals surface area contributed by atoms with Gasteiger partial charge in [-0.2, -0.15) is 0 Å². The first-order chi connectivity index (χ1) is 8.11.